The number of rotatable bonds is 2. The van der Waals surface area contributed by atoms with Crippen LogP contribution < -0.4 is 11.5 Å². The van der Waals surface area contributed by atoms with E-state index in [2.05, 4.69) is 15.1 Å². The molecule has 15 heavy (non-hydrogen) atoms. The summed E-state index contributed by atoms with van der Waals surface area (Å²) < 4.78 is 1.65. The molecule has 1 aromatic carbocycles. The Bertz CT molecular complexity index is 452. The maximum atomic E-state index is 5.26. The minimum Gasteiger partial charge on any atom is -0.370 e. The Balaban J connectivity index is 2.29. The van der Waals surface area contributed by atoms with Crippen molar-refractivity contribution >= 4 is 11.6 Å². The van der Waals surface area contributed by atoms with Crippen molar-refractivity contribution in [1.29, 1.82) is 0 Å². The predicted molar refractivity (Wildman–Crippen MR) is 56.8 cm³/mol. The molecule has 2 aromatic rings. The number of aromatic nitrogens is 3. The zero-order chi connectivity index (χ0) is 10.7. The molecule has 76 valence electrons. The van der Waals surface area contributed by atoms with Gasteiger partial charge in [-0.25, -0.2) is 14.7 Å². The van der Waals surface area contributed by atoms with Gasteiger partial charge in [0, 0.05) is 0 Å². The second-order valence-corrected chi connectivity index (χ2v) is 2.89. The topological polar surface area (TPSA) is 95.1 Å². The van der Waals surface area contributed by atoms with E-state index >= 15 is 0 Å². The second-order valence-electron chi connectivity index (χ2n) is 2.89. The van der Waals surface area contributed by atoms with Crippen molar-refractivity contribution in [2.75, 3.05) is 0 Å². The standard InChI is InChI=1S/C9H10N6/c10-9(11)14-7-1-3-8(4-2-7)15-6-12-5-13-15/h1-6H,(H4,10,11,14). The molecule has 0 saturated heterocycles. The molecule has 0 aliphatic carbocycles. The Morgan fingerprint density at radius 2 is 1.93 bits per heavy atom. The molecule has 0 radical (unpaired) electrons. The molecule has 0 saturated carbocycles. The van der Waals surface area contributed by atoms with Crippen LogP contribution in [0.25, 0.3) is 5.69 Å². The number of nitrogens with two attached hydrogens (primary N) is 2. The van der Waals surface area contributed by atoms with Gasteiger partial charge in [-0.05, 0) is 24.3 Å². The maximum Gasteiger partial charge on any atom is 0.191 e. The average Bonchev–Trinajstić information content (AvgIpc) is 2.71. The molecule has 0 spiro atoms. The van der Waals surface area contributed by atoms with Crippen LogP contribution in [0.1, 0.15) is 0 Å². The van der Waals surface area contributed by atoms with Crippen LogP contribution in [-0.2, 0) is 0 Å². The molecule has 4 N–H and O–H groups in total. The first-order valence-electron chi connectivity index (χ1n) is 4.30. The minimum absolute atomic E-state index is 0.0449. The lowest BCUT2D eigenvalue weighted by atomic mass is 10.3. The van der Waals surface area contributed by atoms with Gasteiger partial charge in [0.25, 0.3) is 0 Å². The number of hydrogen-bond acceptors (Lipinski definition) is 3. The van der Waals surface area contributed by atoms with Crippen molar-refractivity contribution in [3.05, 3.63) is 36.9 Å². The van der Waals surface area contributed by atoms with Crippen LogP contribution >= 0.6 is 0 Å². The van der Waals surface area contributed by atoms with E-state index in [9.17, 15) is 0 Å². The van der Waals surface area contributed by atoms with E-state index in [4.69, 9.17) is 11.5 Å². The Labute approximate surface area is 86.3 Å². The first kappa shape index (κ1) is 9.20. The minimum atomic E-state index is 0.0449. The molecule has 1 heterocycles. The fourth-order valence-corrected chi connectivity index (χ4v) is 1.17. The van der Waals surface area contributed by atoms with Crippen molar-refractivity contribution in [1.82, 2.24) is 14.8 Å². The summed E-state index contributed by atoms with van der Waals surface area (Å²) in [6.45, 7) is 0. The molecule has 0 aliphatic heterocycles. The van der Waals surface area contributed by atoms with E-state index in [0.29, 0.717) is 5.69 Å². The Morgan fingerprint density at radius 1 is 1.20 bits per heavy atom. The van der Waals surface area contributed by atoms with Crippen LogP contribution in [-0.4, -0.2) is 20.7 Å². The van der Waals surface area contributed by atoms with E-state index in [1.807, 2.05) is 12.1 Å². The number of guanidine groups is 1. The van der Waals surface area contributed by atoms with Crippen LogP contribution in [0.5, 0.6) is 0 Å². The molecular formula is C9H10N6. The second kappa shape index (κ2) is 3.79. The number of nitrogens with zero attached hydrogens (tertiary/aromatic N) is 4. The highest BCUT2D eigenvalue weighted by Crippen LogP contribution is 2.14. The zero-order valence-corrected chi connectivity index (χ0v) is 7.91. The summed E-state index contributed by atoms with van der Waals surface area (Å²) in [6, 6.07) is 7.32. The normalized spacial score (nSPS) is 9.87. The van der Waals surface area contributed by atoms with Crippen LogP contribution in [0, 0.1) is 0 Å². The maximum absolute atomic E-state index is 5.26. The molecular weight excluding hydrogens is 192 g/mol. The SMILES string of the molecule is NC(N)=Nc1ccc(-n2cncn2)cc1. The van der Waals surface area contributed by atoms with E-state index < -0.39 is 0 Å². The Morgan fingerprint density at radius 3 is 2.47 bits per heavy atom. The van der Waals surface area contributed by atoms with Gasteiger partial charge in [-0.2, -0.15) is 5.10 Å². The van der Waals surface area contributed by atoms with Gasteiger partial charge in [-0.3, -0.25) is 0 Å². The third kappa shape index (κ3) is 2.11. The lowest BCUT2D eigenvalue weighted by Crippen LogP contribution is -2.21. The lowest BCUT2D eigenvalue weighted by Gasteiger charge is -2.00. The van der Waals surface area contributed by atoms with E-state index in [1.165, 1.54) is 6.33 Å². The molecule has 2 rings (SSSR count). The van der Waals surface area contributed by atoms with Gasteiger partial charge in [-0.1, -0.05) is 0 Å². The van der Waals surface area contributed by atoms with E-state index in [0.717, 1.165) is 5.69 Å². The number of hydrogen-bond donors (Lipinski definition) is 2. The van der Waals surface area contributed by atoms with E-state index in [-0.39, 0.29) is 5.96 Å². The monoisotopic (exact) mass is 202 g/mol. The molecule has 6 nitrogen and oxygen atoms in total. The van der Waals surface area contributed by atoms with Gasteiger partial charge >= 0.3 is 0 Å². The zero-order valence-electron chi connectivity index (χ0n) is 7.91. The predicted octanol–water partition coefficient (Wildman–Crippen LogP) is 0.172. The van der Waals surface area contributed by atoms with Crippen LogP contribution in [0.3, 0.4) is 0 Å². The van der Waals surface area contributed by atoms with Gasteiger partial charge in [0.05, 0.1) is 11.4 Å². The van der Waals surface area contributed by atoms with Gasteiger partial charge in [0.15, 0.2) is 5.96 Å². The summed E-state index contributed by atoms with van der Waals surface area (Å²) in [7, 11) is 0. The van der Waals surface area contributed by atoms with Crippen molar-refractivity contribution in [2.45, 2.75) is 0 Å². The van der Waals surface area contributed by atoms with Crippen molar-refractivity contribution in [3.8, 4) is 5.69 Å². The van der Waals surface area contributed by atoms with Crippen molar-refractivity contribution < 1.29 is 0 Å². The highest BCUT2D eigenvalue weighted by molar-refractivity contribution is 5.79. The third-order valence-corrected chi connectivity index (χ3v) is 1.79. The van der Waals surface area contributed by atoms with Crippen molar-refractivity contribution in [3.63, 3.8) is 0 Å². The third-order valence-electron chi connectivity index (χ3n) is 1.79. The van der Waals surface area contributed by atoms with Gasteiger partial charge in [-0.15, -0.1) is 0 Å². The first-order valence-corrected chi connectivity index (χ1v) is 4.30. The molecule has 1 aromatic heterocycles. The number of benzene rings is 1. The smallest absolute Gasteiger partial charge is 0.191 e. The summed E-state index contributed by atoms with van der Waals surface area (Å²) in [5, 5.41) is 4.00. The summed E-state index contributed by atoms with van der Waals surface area (Å²) in [6.07, 6.45) is 3.10. The molecule has 0 atom stereocenters. The molecule has 0 amide bonds. The highest BCUT2D eigenvalue weighted by atomic mass is 15.3. The highest BCUT2D eigenvalue weighted by Gasteiger charge is 1.96. The van der Waals surface area contributed by atoms with Crippen LogP contribution in [0.15, 0.2) is 41.9 Å². The fourth-order valence-electron chi connectivity index (χ4n) is 1.17. The van der Waals surface area contributed by atoms with Gasteiger partial charge in [0.2, 0.25) is 0 Å². The molecule has 0 unspecified atom stereocenters. The van der Waals surface area contributed by atoms with Crippen LogP contribution in [0.2, 0.25) is 0 Å². The summed E-state index contributed by atoms with van der Waals surface area (Å²) in [4.78, 5) is 7.76. The van der Waals surface area contributed by atoms with Gasteiger partial charge < -0.3 is 11.5 Å². The van der Waals surface area contributed by atoms with Gasteiger partial charge in [0.1, 0.15) is 12.7 Å². The number of aliphatic imine (C=N–C) groups is 1. The first-order chi connectivity index (χ1) is 7.25. The van der Waals surface area contributed by atoms with E-state index in [1.54, 1.807) is 23.1 Å². The molecule has 0 fully saturated rings. The molecule has 0 aliphatic rings. The summed E-state index contributed by atoms with van der Waals surface area (Å²) >= 11 is 0. The quantitative estimate of drug-likeness (QED) is 0.536. The Kier molecular flexibility index (Phi) is 2.32. The largest absolute Gasteiger partial charge is 0.370 e. The average molecular weight is 202 g/mol. The lowest BCUT2D eigenvalue weighted by molar-refractivity contribution is 0.879. The van der Waals surface area contributed by atoms with Crippen LogP contribution in [0.4, 0.5) is 5.69 Å². The summed E-state index contributed by atoms with van der Waals surface area (Å²) in [5.41, 5.74) is 12.1. The summed E-state index contributed by atoms with van der Waals surface area (Å²) in [5.74, 6) is 0.0449. The fraction of sp³-hybridized carbons (Fsp3) is 0. The van der Waals surface area contributed by atoms with Crippen molar-refractivity contribution in [2.24, 2.45) is 16.5 Å². The molecule has 0 bridgehead atoms. The molecule has 6 heteroatoms. The Hall–Kier alpha value is -2.37.